The van der Waals surface area contributed by atoms with Crippen molar-refractivity contribution in [1.29, 1.82) is 0 Å². The average molecular weight is 402 g/mol. The third-order valence-corrected chi connectivity index (χ3v) is 6.61. The normalized spacial score (nSPS) is 17.2. The van der Waals surface area contributed by atoms with E-state index in [2.05, 4.69) is 13.8 Å². The van der Waals surface area contributed by atoms with Crippen molar-refractivity contribution >= 4 is 28.6 Å². The number of unbranched alkanes of at least 4 members (excludes halogenated alkanes) is 3. The number of rotatable bonds is 9. The third kappa shape index (κ3) is 4.96. The van der Waals surface area contributed by atoms with Crippen LogP contribution in [0.3, 0.4) is 0 Å². The van der Waals surface area contributed by atoms with Crippen molar-refractivity contribution in [3.05, 3.63) is 34.6 Å². The van der Waals surface area contributed by atoms with Gasteiger partial charge in [-0.05, 0) is 30.9 Å². The summed E-state index contributed by atoms with van der Waals surface area (Å²) in [6.07, 6.45) is 6.58. The number of hydrogen-bond donors (Lipinski definition) is 0. The molecule has 0 spiro atoms. The van der Waals surface area contributed by atoms with Crippen molar-refractivity contribution in [3.63, 3.8) is 0 Å². The summed E-state index contributed by atoms with van der Waals surface area (Å²) in [7, 11) is 1.83. The first-order valence-electron chi connectivity index (χ1n) is 10.4. The van der Waals surface area contributed by atoms with Crippen molar-refractivity contribution in [2.75, 3.05) is 13.6 Å². The summed E-state index contributed by atoms with van der Waals surface area (Å²) < 4.78 is 1.79. The summed E-state index contributed by atoms with van der Waals surface area (Å²) in [6, 6.07) is 7.49. The van der Waals surface area contributed by atoms with Crippen LogP contribution in [0.15, 0.2) is 34.2 Å². The van der Waals surface area contributed by atoms with Crippen LogP contribution in [0.5, 0.6) is 0 Å². The van der Waals surface area contributed by atoms with Gasteiger partial charge in [0.05, 0.1) is 16.2 Å². The highest BCUT2D eigenvalue weighted by molar-refractivity contribution is 8.00. The number of nitrogens with zero attached hydrogens (tertiary/aromatic N) is 3. The number of fused-ring (bicyclic) bond motifs is 1. The van der Waals surface area contributed by atoms with Crippen molar-refractivity contribution in [2.45, 2.75) is 69.3 Å². The van der Waals surface area contributed by atoms with E-state index in [1.165, 1.54) is 31.0 Å². The maximum atomic E-state index is 13.1. The molecule has 0 saturated carbocycles. The Bertz CT molecular complexity index is 878. The van der Waals surface area contributed by atoms with Gasteiger partial charge >= 0.3 is 0 Å². The van der Waals surface area contributed by atoms with E-state index in [0.29, 0.717) is 22.6 Å². The highest BCUT2D eigenvalue weighted by Gasteiger charge is 2.31. The number of para-hydroxylation sites is 1. The summed E-state index contributed by atoms with van der Waals surface area (Å²) in [5.74, 6) is 0.880. The fourth-order valence-corrected chi connectivity index (χ4v) is 4.85. The Labute approximate surface area is 171 Å². The molecule has 0 aliphatic carbocycles. The molecule has 1 fully saturated rings. The molecule has 1 aromatic carbocycles. The van der Waals surface area contributed by atoms with Crippen molar-refractivity contribution < 1.29 is 4.79 Å². The minimum atomic E-state index is -0.143. The van der Waals surface area contributed by atoms with Gasteiger partial charge in [-0.3, -0.25) is 14.2 Å². The van der Waals surface area contributed by atoms with E-state index in [0.717, 1.165) is 31.7 Å². The van der Waals surface area contributed by atoms with Crippen LogP contribution in [-0.4, -0.2) is 39.2 Å². The molecule has 28 heavy (non-hydrogen) atoms. The van der Waals surface area contributed by atoms with Gasteiger partial charge in [0, 0.05) is 20.1 Å². The number of amides is 1. The summed E-state index contributed by atoms with van der Waals surface area (Å²) in [5, 5.41) is 1.19. The quantitative estimate of drug-likeness (QED) is 0.464. The first kappa shape index (κ1) is 20.9. The molecule has 1 amide bonds. The molecule has 2 aromatic rings. The summed E-state index contributed by atoms with van der Waals surface area (Å²) in [5.41, 5.74) is 0.719. The smallest absolute Gasteiger partial charge is 0.262 e. The molecule has 5 nitrogen and oxygen atoms in total. The minimum Gasteiger partial charge on any atom is -0.345 e. The van der Waals surface area contributed by atoms with Gasteiger partial charge in [-0.2, -0.15) is 0 Å². The maximum Gasteiger partial charge on any atom is 0.262 e. The van der Waals surface area contributed by atoms with E-state index in [1.807, 2.05) is 31.3 Å². The SMILES string of the molecule is CC(C)CCCCCCn1c(SC2CCN(C)C2=O)nc2ccccc2c1=O. The van der Waals surface area contributed by atoms with Gasteiger partial charge in [0.25, 0.3) is 5.56 Å². The summed E-state index contributed by atoms with van der Waals surface area (Å²) in [4.78, 5) is 32.0. The maximum absolute atomic E-state index is 13.1. The molecule has 152 valence electrons. The van der Waals surface area contributed by atoms with Gasteiger partial charge in [-0.15, -0.1) is 0 Å². The zero-order valence-electron chi connectivity index (χ0n) is 17.2. The van der Waals surface area contributed by atoms with Crippen LogP contribution < -0.4 is 5.56 Å². The highest BCUT2D eigenvalue weighted by Crippen LogP contribution is 2.29. The largest absolute Gasteiger partial charge is 0.345 e. The van der Waals surface area contributed by atoms with Gasteiger partial charge in [-0.25, -0.2) is 4.98 Å². The second kappa shape index (κ2) is 9.59. The first-order valence-corrected chi connectivity index (χ1v) is 11.3. The van der Waals surface area contributed by atoms with Crippen LogP contribution in [0, 0.1) is 5.92 Å². The average Bonchev–Trinajstić information content (AvgIpc) is 2.98. The lowest BCUT2D eigenvalue weighted by molar-refractivity contribution is -0.126. The number of carbonyl (C=O) groups excluding carboxylic acids is 1. The zero-order valence-corrected chi connectivity index (χ0v) is 18.0. The molecule has 1 atom stereocenters. The fraction of sp³-hybridized carbons (Fsp3) is 0.591. The second-order valence-corrected chi connectivity index (χ2v) is 9.29. The fourth-order valence-electron chi connectivity index (χ4n) is 3.64. The van der Waals surface area contributed by atoms with E-state index in [4.69, 9.17) is 4.98 Å². The molecule has 6 heteroatoms. The molecule has 0 bridgehead atoms. The van der Waals surface area contributed by atoms with Gasteiger partial charge in [0.1, 0.15) is 0 Å². The first-order chi connectivity index (χ1) is 13.5. The lowest BCUT2D eigenvalue weighted by Crippen LogP contribution is -2.27. The monoisotopic (exact) mass is 401 g/mol. The van der Waals surface area contributed by atoms with Crippen molar-refractivity contribution in [3.8, 4) is 0 Å². The standard InChI is InChI=1S/C22H31N3O2S/c1-16(2)10-6-4-5-9-14-25-20(26)17-11-7-8-12-18(17)23-22(25)28-19-13-15-24(3)21(19)27/h7-8,11-12,16,19H,4-6,9-10,13-15H2,1-3H3. The number of hydrogen-bond acceptors (Lipinski definition) is 4. The van der Waals surface area contributed by atoms with Gasteiger partial charge in [0.15, 0.2) is 5.16 Å². The van der Waals surface area contributed by atoms with E-state index in [-0.39, 0.29) is 16.7 Å². The topological polar surface area (TPSA) is 55.2 Å². The van der Waals surface area contributed by atoms with E-state index >= 15 is 0 Å². The molecule has 0 radical (unpaired) electrons. The molecule has 1 saturated heterocycles. The predicted molar refractivity (Wildman–Crippen MR) is 116 cm³/mol. The van der Waals surface area contributed by atoms with Crippen LogP contribution in [0.1, 0.15) is 52.4 Å². The number of aromatic nitrogens is 2. The molecule has 0 N–H and O–H groups in total. The molecule has 3 rings (SSSR count). The van der Waals surface area contributed by atoms with Crippen LogP contribution in [0.4, 0.5) is 0 Å². The van der Waals surface area contributed by atoms with Crippen LogP contribution in [-0.2, 0) is 11.3 Å². The number of carbonyl (C=O) groups is 1. The van der Waals surface area contributed by atoms with Crippen LogP contribution >= 0.6 is 11.8 Å². The molecule has 1 aliphatic rings. The van der Waals surface area contributed by atoms with Crippen LogP contribution in [0.25, 0.3) is 10.9 Å². The summed E-state index contributed by atoms with van der Waals surface area (Å²) in [6.45, 7) is 5.94. The Morgan fingerprint density at radius 1 is 1.14 bits per heavy atom. The van der Waals surface area contributed by atoms with E-state index < -0.39 is 0 Å². The zero-order chi connectivity index (χ0) is 20.1. The van der Waals surface area contributed by atoms with Crippen molar-refractivity contribution in [2.24, 2.45) is 5.92 Å². The molecular weight excluding hydrogens is 370 g/mol. The molecule has 1 aliphatic heterocycles. The molecule has 1 aromatic heterocycles. The Morgan fingerprint density at radius 3 is 2.61 bits per heavy atom. The Kier molecular flexibility index (Phi) is 7.16. The number of benzene rings is 1. The van der Waals surface area contributed by atoms with Crippen molar-refractivity contribution in [1.82, 2.24) is 14.5 Å². The number of likely N-dealkylation sites (tertiary alicyclic amines) is 1. The Hall–Kier alpha value is -1.82. The molecule has 1 unspecified atom stereocenters. The van der Waals surface area contributed by atoms with Gasteiger partial charge in [0.2, 0.25) is 5.91 Å². The summed E-state index contributed by atoms with van der Waals surface area (Å²) >= 11 is 1.45. The molecule has 2 heterocycles. The lowest BCUT2D eigenvalue weighted by Gasteiger charge is -2.15. The minimum absolute atomic E-state index is 0.00841. The Morgan fingerprint density at radius 2 is 1.89 bits per heavy atom. The van der Waals surface area contributed by atoms with E-state index in [9.17, 15) is 9.59 Å². The molecular formula is C22H31N3O2S. The van der Waals surface area contributed by atoms with E-state index in [1.54, 1.807) is 9.47 Å². The Balaban J connectivity index is 1.77. The van der Waals surface area contributed by atoms with Gasteiger partial charge < -0.3 is 4.90 Å². The van der Waals surface area contributed by atoms with Gasteiger partial charge in [-0.1, -0.05) is 63.4 Å². The third-order valence-electron chi connectivity index (χ3n) is 5.37. The highest BCUT2D eigenvalue weighted by atomic mass is 32.2. The second-order valence-electron chi connectivity index (χ2n) is 8.12. The lowest BCUT2D eigenvalue weighted by atomic mass is 10.0. The van der Waals surface area contributed by atoms with Crippen LogP contribution in [0.2, 0.25) is 0 Å². The number of thioether (sulfide) groups is 1. The predicted octanol–water partition coefficient (Wildman–Crippen LogP) is 4.33.